The molecule has 1 unspecified atom stereocenters. The first-order valence-corrected chi connectivity index (χ1v) is 7.76. The first-order valence-electron chi connectivity index (χ1n) is 7.76. The van der Waals surface area contributed by atoms with E-state index in [-0.39, 0.29) is 18.7 Å². The first-order chi connectivity index (χ1) is 11.3. The van der Waals surface area contributed by atoms with Crippen molar-refractivity contribution in [1.82, 2.24) is 9.88 Å². The molecule has 5 nitrogen and oxygen atoms in total. The van der Waals surface area contributed by atoms with Gasteiger partial charge in [-0.2, -0.15) is 0 Å². The van der Waals surface area contributed by atoms with E-state index in [0.717, 1.165) is 24.0 Å². The quantitative estimate of drug-likeness (QED) is 0.866. The van der Waals surface area contributed by atoms with Gasteiger partial charge in [-0.05, 0) is 24.5 Å². The lowest BCUT2D eigenvalue weighted by Crippen LogP contribution is -2.31. The standard InChI is InChI=1S/C18H20N2O3/c1-22-17-15(9-5-11-19-17)16-10-6-12-20(16)18(21)23-13-14-7-3-2-4-8-14/h2-5,7-9,11,16H,6,10,12-13H2,1H3. The van der Waals surface area contributed by atoms with Gasteiger partial charge in [-0.25, -0.2) is 9.78 Å². The summed E-state index contributed by atoms with van der Waals surface area (Å²) in [4.78, 5) is 18.4. The van der Waals surface area contributed by atoms with Crippen LogP contribution in [0.15, 0.2) is 48.7 Å². The molecule has 1 aromatic carbocycles. The van der Waals surface area contributed by atoms with Gasteiger partial charge < -0.3 is 14.4 Å². The molecule has 23 heavy (non-hydrogen) atoms. The van der Waals surface area contributed by atoms with Gasteiger partial charge in [-0.3, -0.25) is 0 Å². The Morgan fingerprint density at radius 1 is 1.26 bits per heavy atom. The lowest BCUT2D eigenvalue weighted by atomic mass is 10.1. The Kier molecular flexibility index (Phi) is 4.76. The summed E-state index contributed by atoms with van der Waals surface area (Å²) in [6, 6.07) is 13.5. The molecule has 1 aromatic heterocycles. The smallest absolute Gasteiger partial charge is 0.410 e. The minimum absolute atomic E-state index is 0.0399. The van der Waals surface area contributed by atoms with Gasteiger partial charge in [0.2, 0.25) is 5.88 Å². The number of amides is 1. The molecule has 3 rings (SSSR count). The highest BCUT2D eigenvalue weighted by molar-refractivity contribution is 5.69. The zero-order chi connectivity index (χ0) is 16.1. The van der Waals surface area contributed by atoms with Gasteiger partial charge in [-0.15, -0.1) is 0 Å². The van der Waals surface area contributed by atoms with E-state index in [9.17, 15) is 4.79 Å². The Morgan fingerprint density at radius 3 is 2.87 bits per heavy atom. The Hall–Kier alpha value is -2.56. The van der Waals surface area contributed by atoms with Gasteiger partial charge in [-0.1, -0.05) is 36.4 Å². The number of ether oxygens (including phenoxy) is 2. The first kappa shape index (κ1) is 15.3. The number of nitrogens with zero attached hydrogens (tertiary/aromatic N) is 2. The summed E-state index contributed by atoms with van der Waals surface area (Å²) in [6.07, 6.45) is 3.24. The summed E-state index contributed by atoms with van der Waals surface area (Å²) in [5.74, 6) is 0.570. The van der Waals surface area contributed by atoms with E-state index in [0.29, 0.717) is 12.4 Å². The zero-order valence-electron chi connectivity index (χ0n) is 13.1. The molecule has 120 valence electrons. The third-order valence-electron chi connectivity index (χ3n) is 4.05. The van der Waals surface area contributed by atoms with Crippen LogP contribution in [-0.4, -0.2) is 29.6 Å². The fraction of sp³-hybridized carbons (Fsp3) is 0.333. The molecule has 0 radical (unpaired) electrons. The Labute approximate surface area is 135 Å². The molecular weight excluding hydrogens is 292 g/mol. The van der Waals surface area contributed by atoms with Crippen LogP contribution >= 0.6 is 0 Å². The average molecular weight is 312 g/mol. The van der Waals surface area contributed by atoms with E-state index in [1.165, 1.54) is 0 Å². The summed E-state index contributed by atoms with van der Waals surface area (Å²) in [6.45, 7) is 0.976. The highest BCUT2D eigenvalue weighted by Crippen LogP contribution is 2.36. The molecule has 1 aliphatic heterocycles. The lowest BCUT2D eigenvalue weighted by molar-refractivity contribution is 0.0916. The second-order valence-electron chi connectivity index (χ2n) is 5.49. The highest BCUT2D eigenvalue weighted by Gasteiger charge is 2.33. The second kappa shape index (κ2) is 7.13. The summed E-state index contributed by atoms with van der Waals surface area (Å²) < 4.78 is 10.8. The van der Waals surface area contributed by atoms with Crippen LogP contribution in [0.25, 0.3) is 0 Å². The van der Waals surface area contributed by atoms with Crippen molar-refractivity contribution < 1.29 is 14.3 Å². The Bertz CT molecular complexity index is 660. The van der Waals surface area contributed by atoms with Gasteiger partial charge in [0, 0.05) is 18.3 Å². The van der Waals surface area contributed by atoms with Crippen molar-refractivity contribution in [3.05, 3.63) is 59.8 Å². The van der Waals surface area contributed by atoms with Crippen LogP contribution in [0.3, 0.4) is 0 Å². The van der Waals surface area contributed by atoms with Crippen molar-refractivity contribution in [3.63, 3.8) is 0 Å². The Morgan fingerprint density at radius 2 is 2.09 bits per heavy atom. The number of hydrogen-bond acceptors (Lipinski definition) is 4. The molecule has 1 aliphatic rings. The van der Waals surface area contributed by atoms with Crippen molar-refractivity contribution in [2.24, 2.45) is 0 Å². The number of likely N-dealkylation sites (tertiary alicyclic amines) is 1. The highest BCUT2D eigenvalue weighted by atomic mass is 16.6. The molecule has 2 aromatic rings. The SMILES string of the molecule is COc1ncccc1C1CCCN1C(=O)OCc1ccccc1. The molecule has 1 amide bonds. The maximum atomic E-state index is 12.4. The van der Waals surface area contributed by atoms with Crippen molar-refractivity contribution in [3.8, 4) is 5.88 Å². The molecule has 0 bridgehead atoms. The molecule has 2 heterocycles. The molecule has 0 N–H and O–H groups in total. The van der Waals surface area contributed by atoms with E-state index in [4.69, 9.17) is 9.47 Å². The van der Waals surface area contributed by atoms with Crippen LogP contribution in [0.2, 0.25) is 0 Å². The number of benzene rings is 1. The van der Waals surface area contributed by atoms with E-state index in [2.05, 4.69) is 4.98 Å². The van der Waals surface area contributed by atoms with Crippen LogP contribution in [0, 0.1) is 0 Å². The van der Waals surface area contributed by atoms with Crippen LogP contribution in [-0.2, 0) is 11.3 Å². The van der Waals surface area contributed by atoms with Crippen molar-refractivity contribution >= 4 is 6.09 Å². The van der Waals surface area contributed by atoms with E-state index in [1.807, 2.05) is 42.5 Å². The minimum Gasteiger partial charge on any atom is -0.481 e. The summed E-state index contributed by atoms with van der Waals surface area (Å²) in [7, 11) is 1.60. The van der Waals surface area contributed by atoms with Crippen LogP contribution in [0.5, 0.6) is 5.88 Å². The summed E-state index contributed by atoms with van der Waals surface area (Å²) in [5, 5.41) is 0. The van der Waals surface area contributed by atoms with E-state index < -0.39 is 0 Å². The van der Waals surface area contributed by atoms with Gasteiger partial charge in [0.05, 0.1) is 13.2 Å². The van der Waals surface area contributed by atoms with Crippen LogP contribution in [0.4, 0.5) is 4.79 Å². The minimum atomic E-state index is -0.290. The zero-order valence-corrected chi connectivity index (χ0v) is 13.1. The van der Waals surface area contributed by atoms with Crippen molar-refractivity contribution in [1.29, 1.82) is 0 Å². The third kappa shape index (κ3) is 3.44. The molecule has 1 saturated heterocycles. The number of carbonyl (C=O) groups is 1. The van der Waals surface area contributed by atoms with Gasteiger partial charge >= 0.3 is 6.09 Å². The molecule has 1 atom stereocenters. The van der Waals surface area contributed by atoms with Crippen LogP contribution < -0.4 is 4.74 Å². The maximum Gasteiger partial charge on any atom is 0.410 e. The van der Waals surface area contributed by atoms with Gasteiger partial charge in [0.15, 0.2) is 0 Å². The van der Waals surface area contributed by atoms with Crippen molar-refractivity contribution in [2.45, 2.75) is 25.5 Å². The predicted molar refractivity (Wildman–Crippen MR) is 86.1 cm³/mol. The fourth-order valence-corrected chi connectivity index (χ4v) is 2.94. The van der Waals surface area contributed by atoms with Gasteiger partial charge in [0.25, 0.3) is 0 Å². The van der Waals surface area contributed by atoms with Crippen LogP contribution in [0.1, 0.15) is 30.0 Å². The number of hydrogen-bond donors (Lipinski definition) is 0. The third-order valence-corrected chi connectivity index (χ3v) is 4.05. The predicted octanol–water partition coefficient (Wildman–Crippen LogP) is 3.56. The largest absolute Gasteiger partial charge is 0.481 e. The number of pyridine rings is 1. The van der Waals surface area contributed by atoms with E-state index in [1.54, 1.807) is 18.2 Å². The number of carbonyl (C=O) groups excluding carboxylic acids is 1. The maximum absolute atomic E-state index is 12.4. The number of aromatic nitrogens is 1. The molecule has 0 aliphatic carbocycles. The summed E-state index contributed by atoms with van der Waals surface area (Å²) in [5.41, 5.74) is 1.92. The molecule has 5 heteroatoms. The Balaban J connectivity index is 1.70. The summed E-state index contributed by atoms with van der Waals surface area (Å²) >= 11 is 0. The molecular formula is C18H20N2O3. The topological polar surface area (TPSA) is 51.7 Å². The van der Waals surface area contributed by atoms with E-state index >= 15 is 0 Å². The molecule has 1 fully saturated rings. The number of methoxy groups -OCH3 is 1. The normalized spacial score (nSPS) is 17.1. The van der Waals surface area contributed by atoms with Crippen molar-refractivity contribution in [2.75, 3.05) is 13.7 Å². The second-order valence-corrected chi connectivity index (χ2v) is 5.49. The fourth-order valence-electron chi connectivity index (χ4n) is 2.94. The number of rotatable bonds is 4. The lowest BCUT2D eigenvalue weighted by Gasteiger charge is -2.25. The van der Waals surface area contributed by atoms with Gasteiger partial charge in [0.1, 0.15) is 6.61 Å². The average Bonchev–Trinajstić information content (AvgIpc) is 3.10. The monoisotopic (exact) mass is 312 g/mol. The molecule has 0 saturated carbocycles. The molecule has 0 spiro atoms.